The minimum Gasteiger partial charge on any atom is -0.489 e. The summed E-state index contributed by atoms with van der Waals surface area (Å²) in [6.07, 6.45) is 7.40. The first kappa shape index (κ1) is 14.4. The molecule has 3 nitrogen and oxygen atoms in total. The zero-order chi connectivity index (χ0) is 14.8. The Morgan fingerprint density at radius 1 is 1.14 bits per heavy atom. The number of fused-ring (bicyclic) bond motifs is 1. The number of carbonyl (C=O) groups is 1. The highest BCUT2D eigenvalue weighted by Gasteiger charge is 2.31. The Hall–Kier alpha value is -1.51. The zero-order valence-corrected chi connectivity index (χ0v) is 13.0. The molecule has 1 heterocycles. The molecule has 1 aromatic rings. The van der Waals surface area contributed by atoms with Gasteiger partial charge in [-0.1, -0.05) is 44.7 Å². The van der Waals surface area contributed by atoms with Crippen LogP contribution in [0.1, 0.15) is 74.2 Å². The Bertz CT molecular complexity index is 518. The number of benzene rings is 1. The van der Waals surface area contributed by atoms with Crippen molar-refractivity contribution in [2.24, 2.45) is 0 Å². The first-order valence-electron chi connectivity index (χ1n) is 8.27. The molecule has 114 valence electrons. The third-order valence-electron chi connectivity index (χ3n) is 4.98. The van der Waals surface area contributed by atoms with E-state index in [1.165, 1.54) is 25.7 Å². The number of para-hydroxylation sites is 1. The van der Waals surface area contributed by atoms with Crippen LogP contribution in [-0.4, -0.2) is 18.1 Å². The smallest absolute Gasteiger partial charge is 0.255 e. The second-order valence-electron chi connectivity index (χ2n) is 6.50. The monoisotopic (exact) mass is 287 g/mol. The van der Waals surface area contributed by atoms with Gasteiger partial charge >= 0.3 is 0 Å². The number of hydrogen-bond donors (Lipinski definition) is 1. The molecule has 21 heavy (non-hydrogen) atoms. The molecular formula is C18H25NO2. The van der Waals surface area contributed by atoms with E-state index in [1.54, 1.807) is 0 Å². The fourth-order valence-corrected chi connectivity index (χ4v) is 3.45. The van der Waals surface area contributed by atoms with E-state index in [1.807, 2.05) is 12.1 Å². The maximum absolute atomic E-state index is 12.6. The van der Waals surface area contributed by atoms with Gasteiger partial charge in [0.1, 0.15) is 11.9 Å². The highest BCUT2D eigenvalue weighted by molar-refractivity contribution is 5.97. The largest absolute Gasteiger partial charge is 0.489 e. The Labute approximate surface area is 127 Å². The second-order valence-corrected chi connectivity index (χ2v) is 6.50. The molecule has 2 aliphatic rings. The van der Waals surface area contributed by atoms with E-state index in [0.717, 1.165) is 24.2 Å². The summed E-state index contributed by atoms with van der Waals surface area (Å²) in [5.41, 5.74) is 1.86. The van der Waals surface area contributed by atoms with Gasteiger partial charge in [-0.05, 0) is 25.8 Å². The van der Waals surface area contributed by atoms with E-state index >= 15 is 0 Å². The van der Waals surface area contributed by atoms with Crippen molar-refractivity contribution in [2.45, 2.75) is 70.4 Å². The topological polar surface area (TPSA) is 38.3 Å². The Kier molecular flexibility index (Phi) is 4.18. The van der Waals surface area contributed by atoms with E-state index in [0.29, 0.717) is 17.5 Å². The molecule has 0 radical (unpaired) electrons. The van der Waals surface area contributed by atoms with Crippen LogP contribution in [0.15, 0.2) is 18.2 Å². The van der Waals surface area contributed by atoms with Crippen LogP contribution < -0.4 is 10.1 Å². The molecular weight excluding hydrogens is 262 g/mol. The van der Waals surface area contributed by atoms with Crippen LogP contribution >= 0.6 is 0 Å². The molecule has 1 amide bonds. The van der Waals surface area contributed by atoms with Gasteiger partial charge in [0.15, 0.2) is 0 Å². The van der Waals surface area contributed by atoms with Gasteiger partial charge in [-0.3, -0.25) is 4.79 Å². The van der Waals surface area contributed by atoms with Crippen molar-refractivity contribution in [3.63, 3.8) is 0 Å². The van der Waals surface area contributed by atoms with Gasteiger partial charge in [0, 0.05) is 17.5 Å². The minimum absolute atomic E-state index is 0.0278. The predicted molar refractivity (Wildman–Crippen MR) is 83.9 cm³/mol. The van der Waals surface area contributed by atoms with Crippen molar-refractivity contribution >= 4 is 5.91 Å². The van der Waals surface area contributed by atoms with Gasteiger partial charge in [0.2, 0.25) is 0 Å². The second kappa shape index (κ2) is 6.08. The van der Waals surface area contributed by atoms with Gasteiger partial charge in [0.05, 0.1) is 5.56 Å². The molecule has 0 bridgehead atoms. The third-order valence-corrected chi connectivity index (χ3v) is 4.98. The van der Waals surface area contributed by atoms with Crippen LogP contribution in [0.5, 0.6) is 5.75 Å². The van der Waals surface area contributed by atoms with Gasteiger partial charge < -0.3 is 10.1 Å². The molecule has 1 fully saturated rings. The van der Waals surface area contributed by atoms with Crippen molar-refractivity contribution in [3.05, 3.63) is 29.3 Å². The van der Waals surface area contributed by atoms with E-state index in [4.69, 9.17) is 4.74 Å². The quantitative estimate of drug-likeness (QED) is 0.834. The molecule has 0 aromatic heterocycles. The highest BCUT2D eigenvalue weighted by Crippen LogP contribution is 2.40. The number of carbonyl (C=O) groups excluding carboxylic acids is 1. The predicted octanol–water partition coefficient (Wildman–Crippen LogP) is 4.02. The van der Waals surface area contributed by atoms with Crippen LogP contribution in [0.2, 0.25) is 0 Å². The van der Waals surface area contributed by atoms with Gasteiger partial charge in [-0.2, -0.15) is 0 Å². The van der Waals surface area contributed by atoms with E-state index < -0.39 is 0 Å². The first-order valence-corrected chi connectivity index (χ1v) is 8.27. The third kappa shape index (κ3) is 2.92. The maximum Gasteiger partial charge on any atom is 0.255 e. The SMILES string of the molecule is C[C@H]1Oc2c(C(=O)NC3CCCCCC3)cccc2[C@@H]1C. The summed E-state index contributed by atoms with van der Waals surface area (Å²) in [7, 11) is 0. The lowest BCUT2D eigenvalue weighted by Gasteiger charge is -2.17. The van der Waals surface area contributed by atoms with Crippen molar-refractivity contribution in [2.75, 3.05) is 0 Å². The van der Waals surface area contributed by atoms with Crippen molar-refractivity contribution in [3.8, 4) is 5.75 Å². The number of nitrogens with one attached hydrogen (secondary N) is 1. The lowest BCUT2D eigenvalue weighted by Crippen LogP contribution is -2.34. The molecule has 2 atom stereocenters. The molecule has 1 saturated carbocycles. The summed E-state index contributed by atoms with van der Waals surface area (Å²) in [5, 5.41) is 3.22. The highest BCUT2D eigenvalue weighted by atomic mass is 16.5. The van der Waals surface area contributed by atoms with Crippen molar-refractivity contribution < 1.29 is 9.53 Å². The van der Waals surface area contributed by atoms with Crippen LogP contribution in [-0.2, 0) is 0 Å². The number of hydrogen-bond acceptors (Lipinski definition) is 2. The van der Waals surface area contributed by atoms with Crippen molar-refractivity contribution in [1.82, 2.24) is 5.32 Å². The lowest BCUT2D eigenvalue weighted by molar-refractivity contribution is 0.0928. The average molecular weight is 287 g/mol. The number of amides is 1. The van der Waals surface area contributed by atoms with Gasteiger partial charge in [-0.15, -0.1) is 0 Å². The Balaban J connectivity index is 1.76. The van der Waals surface area contributed by atoms with Gasteiger partial charge in [0.25, 0.3) is 5.91 Å². The average Bonchev–Trinajstić information content (AvgIpc) is 2.68. The molecule has 3 rings (SSSR count). The lowest BCUT2D eigenvalue weighted by atomic mass is 9.96. The maximum atomic E-state index is 12.6. The fraction of sp³-hybridized carbons (Fsp3) is 0.611. The van der Waals surface area contributed by atoms with E-state index in [2.05, 4.69) is 25.2 Å². The Morgan fingerprint density at radius 3 is 2.57 bits per heavy atom. The standard InChI is InChI=1S/C18H25NO2/c1-12-13(2)21-17-15(12)10-7-11-16(17)18(20)19-14-8-5-3-4-6-9-14/h7,10-14H,3-6,8-9H2,1-2H3,(H,19,20)/t12-,13-/m1/s1. The molecule has 0 unspecified atom stereocenters. The first-order chi connectivity index (χ1) is 10.2. The number of rotatable bonds is 2. The van der Waals surface area contributed by atoms with Crippen molar-refractivity contribution in [1.29, 1.82) is 0 Å². The minimum atomic E-state index is 0.0278. The molecule has 1 aliphatic carbocycles. The zero-order valence-electron chi connectivity index (χ0n) is 13.0. The summed E-state index contributed by atoms with van der Waals surface area (Å²) >= 11 is 0. The van der Waals surface area contributed by atoms with Crippen LogP contribution in [0.3, 0.4) is 0 Å². The molecule has 1 aliphatic heterocycles. The number of ether oxygens (including phenoxy) is 1. The van der Waals surface area contributed by atoms with E-state index in [9.17, 15) is 4.79 Å². The van der Waals surface area contributed by atoms with E-state index in [-0.39, 0.29) is 12.0 Å². The molecule has 0 saturated heterocycles. The summed E-state index contributed by atoms with van der Waals surface area (Å²) in [5.74, 6) is 1.18. The van der Waals surface area contributed by atoms with Crippen LogP contribution in [0.4, 0.5) is 0 Å². The Morgan fingerprint density at radius 2 is 1.86 bits per heavy atom. The van der Waals surface area contributed by atoms with Gasteiger partial charge in [-0.25, -0.2) is 0 Å². The summed E-state index contributed by atoms with van der Waals surface area (Å²) in [6, 6.07) is 6.26. The molecule has 1 N–H and O–H groups in total. The summed E-state index contributed by atoms with van der Waals surface area (Å²) in [4.78, 5) is 12.6. The molecule has 1 aromatic carbocycles. The molecule has 3 heteroatoms. The summed E-state index contributed by atoms with van der Waals surface area (Å²) in [6.45, 7) is 4.22. The van der Waals surface area contributed by atoms with Crippen LogP contribution in [0, 0.1) is 0 Å². The molecule has 0 spiro atoms. The summed E-state index contributed by atoms with van der Waals surface area (Å²) < 4.78 is 5.92. The fourth-order valence-electron chi connectivity index (χ4n) is 3.45. The van der Waals surface area contributed by atoms with Crippen LogP contribution in [0.25, 0.3) is 0 Å². The normalized spacial score (nSPS) is 25.8.